The van der Waals surface area contributed by atoms with E-state index < -0.39 is 30.5 Å². The lowest BCUT2D eigenvalue weighted by Gasteiger charge is -2.45. The van der Waals surface area contributed by atoms with Crippen molar-refractivity contribution in [3.05, 3.63) is 36.4 Å². The van der Waals surface area contributed by atoms with Gasteiger partial charge in [-0.25, -0.2) is 19.7 Å². The smallest absolute Gasteiger partial charge is 0.365 e. The van der Waals surface area contributed by atoms with Crippen LogP contribution in [0.15, 0.2) is 30.6 Å². The molecule has 158 valence electrons. The Morgan fingerprint density at radius 1 is 1.23 bits per heavy atom. The average Bonchev–Trinajstić information content (AvgIpc) is 2.72. The second kappa shape index (κ2) is 7.76. The fraction of sp³-hybridized carbons (Fsp3) is 0.389. The Kier molecular flexibility index (Phi) is 5.14. The van der Waals surface area contributed by atoms with Crippen LogP contribution in [0.25, 0.3) is 0 Å². The molecule has 0 radical (unpaired) electrons. The minimum absolute atomic E-state index is 0.187. The predicted octanol–water partition coefficient (Wildman–Crippen LogP) is 2.18. The standard InChI is InChI=1S/C18H18F3N7O2/c19-18(20,21)10-24-16(29)14-23-8-12-15(26-14)28(11-4-3-7-27(12)9-11)17(30)25-13-5-1-2-6-22-13/h1-2,5-6,8,11H,3-4,7,9-10H2,(H,24,29)(H,22,25,30). The van der Waals surface area contributed by atoms with Crippen molar-refractivity contribution in [1.82, 2.24) is 20.3 Å². The number of piperidine rings is 1. The molecule has 30 heavy (non-hydrogen) atoms. The molecule has 1 saturated heterocycles. The molecule has 1 fully saturated rings. The van der Waals surface area contributed by atoms with Gasteiger partial charge in [-0.15, -0.1) is 0 Å². The lowest BCUT2D eigenvalue weighted by molar-refractivity contribution is -0.123. The molecule has 1 atom stereocenters. The molecule has 2 N–H and O–H groups in total. The van der Waals surface area contributed by atoms with Crippen molar-refractivity contribution in [3.8, 4) is 0 Å². The summed E-state index contributed by atoms with van der Waals surface area (Å²) in [5, 5.41) is 4.45. The number of nitrogens with one attached hydrogen (secondary N) is 2. The first-order valence-corrected chi connectivity index (χ1v) is 9.30. The number of nitrogens with zero attached hydrogens (tertiary/aromatic N) is 5. The van der Waals surface area contributed by atoms with Gasteiger partial charge in [0.2, 0.25) is 5.82 Å². The van der Waals surface area contributed by atoms with Crippen molar-refractivity contribution in [2.75, 3.05) is 34.8 Å². The molecule has 0 aliphatic carbocycles. The maximum atomic E-state index is 13.0. The summed E-state index contributed by atoms with van der Waals surface area (Å²) in [5.41, 5.74) is 0.550. The highest BCUT2D eigenvalue weighted by Gasteiger charge is 2.39. The number of anilines is 3. The third-order valence-electron chi connectivity index (χ3n) is 4.85. The van der Waals surface area contributed by atoms with Crippen LogP contribution in [0.1, 0.15) is 23.5 Å². The number of rotatable bonds is 3. The number of urea groups is 1. The van der Waals surface area contributed by atoms with Gasteiger partial charge in [-0.1, -0.05) is 6.07 Å². The van der Waals surface area contributed by atoms with Gasteiger partial charge in [0.05, 0.1) is 17.9 Å². The monoisotopic (exact) mass is 421 g/mol. The topological polar surface area (TPSA) is 103 Å². The second-order valence-corrected chi connectivity index (χ2v) is 6.96. The van der Waals surface area contributed by atoms with Crippen LogP contribution < -0.4 is 20.4 Å². The lowest BCUT2D eigenvalue weighted by Crippen LogP contribution is -2.56. The molecule has 2 aliphatic heterocycles. The summed E-state index contributed by atoms with van der Waals surface area (Å²) in [7, 11) is 0. The van der Waals surface area contributed by atoms with Gasteiger partial charge in [0.1, 0.15) is 12.4 Å². The van der Waals surface area contributed by atoms with Gasteiger partial charge in [-0.3, -0.25) is 15.0 Å². The summed E-state index contributed by atoms with van der Waals surface area (Å²) in [6, 6.07) is 4.38. The predicted molar refractivity (Wildman–Crippen MR) is 101 cm³/mol. The summed E-state index contributed by atoms with van der Waals surface area (Å²) >= 11 is 0. The summed E-state index contributed by atoms with van der Waals surface area (Å²) in [6.45, 7) is -0.182. The van der Waals surface area contributed by atoms with Crippen molar-refractivity contribution >= 4 is 29.3 Å². The van der Waals surface area contributed by atoms with E-state index in [0.29, 0.717) is 18.1 Å². The number of halogens is 3. The number of hydrogen-bond acceptors (Lipinski definition) is 6. The lowest BCUT2D eigenvalue weighted by atomic mass is 10.0. The number of fused-ring (bicyclic) bond motifs is 4. The van der Waals surface area contributed by atoms with Crippen LogP contribution in [0, 0.1) is 0 Å². The molecule has 2 aliphatic rings. The van der Waals surface area contributed by atoms with Crippen LogP contribution in [0.2, 0.25) is 0 Å². The fourth-order valence-corrected chi connectivity index (χ4v) is 3.56. The Bertz CT molecular complexity index is 955. The SMILES string of the molecule is O=C(NCC(F)(F)F)c1ncc2c(n1)N(C(=O)Nc1ccccn1)C1CCCN2C1. The number of hydrogen-bond donors (Lipinski definition) is 2. The van der Waals surface area contributed by atoms with E-state index in [9.17, 15) is 22.8 Å². The molecule has 4 heterocycles. The first kappa shape index (κ1) is 19.9. The van der Waals surface area contributed by atoms with E-state index in [-0.39, 0.29) is 11.9 Å². The Hall–Kier alpha value is -3.44. The molecular weight excluding hydrogens is 403 g/mol. The molecule has 0 saturated carbocycles. The third kappa shape index (κ3) is 4.11. The van der Waals surface area contributed by atoms with E-state index in [0.717, 1.165) is 19.4 Å². The molecule has 9 nitrogen and oxygen atoms in total. The first-order chi connectivity index (χ1) is 14.3. The van der Waals surface area contributed by atoms with Gasteiger partial charge in [0.25, 0.3) is 5.91 Å². The van der Waals surface area contributed by atoms with Crippen LogP contribution in [0.5, 0.6) is 0 Å². The van der Waals surface area contributed by atoms with Gasteiger partial charge in [0, 0.05) is 19.3 Å². The highest BCUT2D eigenvalue weighted by atomic mass is 19.4. The zero-order valence-corrected chi connectivity index (χ0v) is 15.7. The highest BCUT2D eigenvalue weighted by molar-refractivity contribution is 6.04. The minimum Gasteiger partial charge on any atom is -0.365 e. The van der Waals surface area contributed by atoms with Crippen molar-refractivity contribution in [3.63, 3.8) is 0 Å². The normalized spacial score (nSPS) is 17.9. The quantitative estimate of drug-likeness (QED) is 0.788. The minimum atomic E-state index is -4.55. The molecular formula is C18H18F3N7O2. The molecule has 2 aromatic rings. The molecule has 0 aromatic carbocycles. The van der Waals surface area contributed by atoms with Crippen molar-refractivity contribution in [2.45, 2.75) is 25.1 Å². The van der Waals surface area contributed by atoms with E-state index in [2.05, 4.69) is 20.3 Å². The molecule has 12 heteroatoms. The average molecular weight is 421 g/mol. The van der Waals surface area contributed by atoms with Crippen LogP contribution >= 0.6 is 0 Å². The highest BCUT2D eigenvalue weighted by Crippen LogP contribution is 2.37. The van der Waals surface area contributed by atoms with Crippen LogP contribution in [0.3, 0.4) is 0 Å². The van der Waals surface area contributed by atoms with Crippen LogP contribution in [0.4, 0.5) is 35.3 Å². The second-order valence-electron chi connectivity index (χ2n) is 6.96. The number of carbonyl (C=O) groups is 2. The molecule has 1 unspecified atom stereocenters. The van der Waals surface area contributed by atoms with Crippen LogP contribution in [-0.2, 0) is 0 Å². The molecule has 2 aromatic heterocycles. The number of carbonyl (C=O) groups excluding carboxylic acids is 2. The van der Waals surface area contributed by atoms with Gasteiger partial charge in [-0.05, 0) is 25.0 Å². The maximum absolute atomic E-state index is 13.0. The summed E-state index contributed by atoms with van der Waals surface area (Å²) in [4.78, 5) is 40.7. The number of alkyl halides is 3. The Morgan fingerprint density at radius 2 is 2.07 bits per heavy atom. The molecule has 2 bridgehead atoms. The van der Waals surface area contributed by atoms with Crippen LogP contribution in [-0.4, -0.2) is 58.7 Å². The zero-order valence-electron chi connectivity index (χ0n) is 15.7. The number of amides is 3. The fourth-order valence-electron chi connectivity index (χ4n) is 3.56. The van der Waals surface area contributed by atoms with Crippen molar-refractivity contribution < 1.29 is 22.8 Å². The molecule has 0 spiro atoms. The van der Waals surface area contributed by atoms with E-state index in [1.807, 2.05) is 4.90 Å². The Labute approximate surface area is 169 Å². The largest absolute Gasteiger partial charge is 0.405 e. The Morgan fingerprint density at radius 3 is 2.80 bits per heavy atom. The molecule has 3 amide bonds. The van der Waals surface area contributed by atoms with Gasteiger partial charge < -0.3 is 10.2 Å². The van der Waals surface area contributed by atoms with Gasteiger partial charge in [0.15, 0.2) is 5.82 Å². The number of aromatic nitrogens is 3. The summed E-state index contributed by atoms with van der Waals surface area (Å²) in [5.74, 6) is -0.966. The van der Waals surface area contributed by atoms with Crippen molar-refractivity contribution in [2.24, 2.45) is 0 Å². The number of pyridine rings is 1. The first-order valence-electron chi connectivity index (χ1n) is 9.30. The van der Waals surface area contributed by atoms with Crippen molar-refractivity contribution in [1.29, 1.82) is 0 Å². The third-order valence-corrected chi connectivity index (χ3v) is 4.85. The van der Waals surface area contributed by atoms with Gasteiger partial charge in [-0.2, -0.15) is 13.2 Å². The molecule has 4 rings (SSSR count). The van der Waals surface area contributed by atoms with E-state index >= 15 is 0 Å². The van der Waals surface area contributed by atoms with E-state index in [4.69, 9.17) is 0 Å². The maximum Gasteiger partial charge on any atom is 0.405 e. The summed E-state index contributed by atoms with van der Waals surface area (Å²) in [6.07, 6.45) is -0.0710. The summed E-state index contributed by atoms with van der Waals surface area (Å²) < 4.78 is 37.2. The van der Waals surface area contributed by atoms with E-state index in [1.165, 1.54) is 17.3 Å². The Balaban J connectivity index is 1.64. The van der Waals surface area contributed by atoms with Gasteiger partial charge >= 0.3 is 12.2 Å². The van der Waals surface area contributed by atoms with E-state index in [1.54, 1.807) is 23.5 Å². The zero-order chi connectivity index (χ0) is 21.3.